The van der Waals surface area contributed by atoms with Crippen LogP contribution in [0, 0.1) is 5.41 Å². The van der Waals surface area contributed by atoms with E-state index in [9.17, 15) is 4.79 Å². The second-order valence-corrected chi connectivity index (χ2v) is 4.04. The minimum Gasteiger partial charge on any atom is -0.481 e. The number of carboxylic acid groups (broad SMARTS) is 1. The van der Waals surface area contributed by atoms with Crippen molar-refractivity contribution < 1.29 is 33.6 Å². The predicted octanol–water partition coefficient (Wildman–Crippen LogP) is 0.623. The molecule has 116 valence electrons. The number of ether oxygens (including phenoxy) is 5. The molecule has 0 saturated carbocycles. The third-order valence-corrected chi connectivity index (χ3v) is 2.08. The van der Waals surface area contributed by atoms with Crippen molar-refractivity contribution >= 4 is 5.97 Å². The summed E-state index contributed by atoms with van der Waals surface area (Å²) in [6, 6.07) is 0. The Labute approximate surface area is 114 Å². The summed E-state index contributed by atoms with van der Waals surface area (Å²) < 4.78 is 23.7. The number of carbonyl (C=O) groups is 1. The number of methoxy groups -OCH3 is 4. The molecule has 0 rings (SSSR count). The van der Waals surface area contributed by atoms with Gasteiger partial charge in [-0.15, -0.1) is 0 Å². The van der Waals surface area contributed by atoms with Gasteiger partial charge in [-0.05, 0) is 6.92 Å². The van der Waals surface area contributed by atoms with E-state index in [2.05, 4.69) is 4.74 Å². The first-order valence-electron chi connectivity index (χ1n) is 5.75. The van der Waals surface area contributed by atoms with E-state index in [1.54, 1.807) is 21.1 Å². The fraction of sp³-hybridized carbons (Fsp3) is 0.917. The first-order chi connectivity index (χ1) is 8.98. The topological polar surface area (TPSA) is 83.5 Å². The summed E-state index contributed by atoms with van der Waals surface area (Å²) in [6.07, 6.45) is 0. The molecule has 7 heteroatoms. The normalized spacial score (nSPS) is 10.8. The second kappa shape index (κ2) is 13.7. The fourth-order valence-corrected chi connectivity index (χ4v) is 1.09. The molecule has 19 heavy (non-hydrogen) atoms. The molecule has 0 aromatic heterocycles. The summed E-state index contributed by atoms with van der Waals surface area (Å²) in [6.45, 7) is 3.49. The minimum absolute atomic E-state index is 0.163. The third kappa shape index (κ3) is 12.1. The van der Waals surface area contributed by atoms with Crippen molar-refractivity contribution in [2.24, 2.45) is 5.41 Å². The van der Waals surface area contributed by atoms with Gasteiger partial charge in [-0.2, -0.15) is 0 Å². The second-order valence-electron chi connectivity index (χ2n) is 4.04. The quantitative estimate of drug-likeness (QED) is 0.464. The minimum atomic E-state index is -0.927. The van der Waals surface area contributed by atoms with Crippen LogP contribution in [0.1, 0.15) is 6.92 Å². The molecule has 0 amide bonds. The Morgan fingerprint density at radius 2 is 1.47 bits per heavy atom. The molecule has 7 nitrogen and oxygen atoms in total. The zero-order chi connectivity index (χ0) is 15.1. The highest BCUT2D eigenvalue weighted by atomic mass is 16.7. The van der Waals surface area contributed by atoms with Gasteiger partial charge < -0.3 is 28.8 Å². The summed E-state index contributed by atoms with van der Waals surface area (Å²) in [7, 11) is 6.16. The smallest absolute Gasteiger partial charge is 0.314 e. The number of hydrogen-bond donors (Lipinski definition) is 1. The van der Waals surface area contributed by atoms with E-state index in [1.165, 1.54) is 14.2 Å². The molecule has 0 aromatic carbocycles. The average Bonchev–Trinajstić information content (AvgIpc) is 2.36. The molecule has 0 heterocycles. The molecule has 0 aromatic rings. The van der Waals surface area contributed by atoms with Gasteiger partial charge in [-0.1, -0.05) is 0 Å². The Morgan fingerprint density at radius 3 is 1.79 bits per heavy atom. The molecular weight excluding hydrogens is 256 g/mol. The summed E-state index contributed by atoms with van der Waals surface area (Å²) in [5.41, 5.74) is -0.927. The standard InChI is InChI=1S/C7H14O4.C5H12O3/c1-7(4-10-2,5-11-3)6(8)9;1-6-3-4-8-5-7-2/h4-5H2,1-3H3,(H,8,9);3-5H2,1-2H3. The summed E-state index contributed by atoms with van der Waals surface area (Å²) in [4.78, 5) is 10.6. The van der Waals surface area contributed by atoms with Gasteiger partial charge >= 0.3 is 5.97 Å². The van der Waals surface area contributed by atoms with Crippen molar-refractivity contribution in [2.45, 2.75) is 6.92 Å². The van der Waals surface area contributed by atoms with E-state index in [1.807, 2.05) is 0 Å². The number of carboxylic acids is 1. The molecule has 0 bridgehead atoms. The van der Waals surface area contributed by atoms with E-state index in [0.29, 0.717) is 20.0 Å². The van der Waals surface area contributed by atoms with Crippen molar-refractivity contribution in [1.29, 1.82) is 0 Å². The van der Waals surface area contributed by atoms with Gasteiger partial charge in [0.15, 0.2) is 0 Å². The molecule has 0 unspecified atom stereocenters. The molecule has 0 radical (unpaired) electrons. The van der Waals surface area contributed by atoms with Gasteiger partial charge in [0.25, 0.3) is 0 Å². The van der Waals surface area contributed by atoms with E-state index >= 15 is 0 Å². The Kier molecular flexibility index (Phi) is 14.8. The highest BCUT2D eigenvalue weighted by molar-refractivity contribution is 5.74. The molecule has 1 N–H and O–H groups in total. The lowest BCUT2D eigenvalue weighted by Gasteiger charge is -2.22. The maximum atomic E-state index is 10.6. The SMILES string of the molecule is COCC(C)(COC)C(=O)O.COCCOCOC. The van der Waals surface area contributed by atoms with Crippen LogP contribution in [0.5, 0.6) is 0 Å². The van der Waals surface area contributed by atoms with Gasteiger partial charge in [-0.3, -0.25) is 4.79 Å². The lowest BCUT2D eigenvalue weighted by Crippen LogP contribution is -2.36. The molecule has 0 spiro atoms. The molecule has 0 aliphatic rings. The van der Waals surface area contributed by atoms with Gasteiger partial charge in [-0.25, -0.2) is 0 Å². The molecule has 0 fully saturated rings. The number of aliphatic carboxylic acids is 1. The number of hydrogen-bond acceptors (Lipinski definition) is 6. The Balaban J connectivity index is 0. The molecule has 0 saturated heterocycles. The van der Waals surface area contributed by atoms with E-state index in [-0.39, 0.29) is 13.2 Å². The third-order valence-electron chi connectivity index (χ3n) is 2.08. The lowest BCUT2D eigenvalue weighted by atomic mass is 9.93. The van der Waals surface area contributed by atoms with Crippen LogP contribution in [0.15, 0.2) is 0 Å². The van der Waals surface area contributed by atoms with Crippen LogP contribution in [0.4, 0.5) is 0 Å². The van der Waals surface area contributed by atoms with Crippen LogP contribution in [-0.2, 0) is 28.5 Å². The molecule has 0 aliphatic heterocycles. The zero-order valence-electron chi connectivity index (χ0n) is 12.4. The van der Waals surface area contributed by atoms with Crippen molar-refractivity contribution in [3.63, 3.8) is 0 Å². The maximum absolute atomic E-state index is 10.6. The highest BCUT2D eigenvalue weighted by Gasteiger charge is 2.33. The average molecular weight is 282 g/mol. The lowest BCUT2D eigenvalue weighted by molar-refractivity contribution is -0.154. The van der Waals surface area contributed by atoms with Crippen molar-refractivity contribution in [2.75, 3.05) is 61.7 Å². The van der Waals surface area contributed by atoms with Crippen molar-refractivity contribution in [3.8, 4) is 0 Å². The maximum Gasteiger partial charge on any atom is 0.314 e. The number of rotatable bonds is 10. The van der Waals surface area contributed by atoms with Gasteiger partial charge in [0.1, 0.15) is 12.2 Å². The van der Waals surface area contributed by atoms with Crippen LogP contribution in [0.3, 0.4) is 0 Å². The van der Waals surface area contributed by atoms with Gasteiger partial charge in [0.2, 0.25) is 0 Å². The largest absolute Gasteiger partial charge is 0.481 e. The van der Waals surface area contributed by atoms with E-state index < -0.39 is 11.4 Å². The molecule has 0 aliphatic carbocycles. The summed E-state index contributed by atoms with van der Waals surface area (Å²) in [5.74, 6) is -0.902. The first kappa shape index (κ1) is 20.6. The highest BCUT2D eigenvalue weighted by Crippen LogP contribution is 2.16. The van der Waals surface area contributed by atoms with Crippen LogP contribution in [0.25, 0.3) is 0 Å². The van der Waals surface area contributed by atoms with Gasteiger partial charge in [0.05, 0.1) is 26.4 Å². The summed E-state index contributed by atoms with van der Waals surface area (Å²) in [5, 5.41) is 8.73. The van der Waals surface area contributed by atoms with E-state index in [0.717, 1.165) is 0 Å². The summed E-state index contributed by atoms with van der Waals surface area (Å²) >= 11 is 0. The Bertz CT molecular complexity index is 196. The van der Waals surface area contributed by atoms with Gasteiger partial charge in [0, 0.05) is 28.4 Å². The predicted molar refractivity (Wildman–Crippen MR) is 69.2 cm³/mol. The van der Waals surface area contributed by atoms with E-state index in [4.69, 9.17) is 24.1 Å². The van der Waals surface area contributed by atoms with Crippen LogP contribution in [0.2, 0.25) is 0 Å². The Morgan fingerprint density at radius 1 is 0.947 bits per heavy atom. The molecule has 0 atom stereocenters. The van der Waals surface area contributed by atoms with Crippen molar-refractivity contribution in [1.82, 2.24) is 0 Å². The fourth-order valence-electron chi connectivity index (χ4n) is 1.09. The monoisotopic (exact) mass is 282 g/mol. The van der Waals surface area contributed by atoms with Crippen LogP contribution >= 0.6 is 0 Å². The zero-order valence-corrected chi connectivity index (χ0v) is 12.4. The Hall–Kier alpha value is -0.730. The van der Waals surface area contributed by atoms with Crippen molar-refractivity contribution in [3.05, 3.63) is 0 Å². The van der Waals surface area contributed by atoms with Crippen LogP contribution < -0.4 is 0 Å². The molecular formula is C12H26O7. The first-order valence-corrected chi connectivity index (χ1v) is 5.75. The van der Waals surface area contributed by atoms with Crippen LogP contribution in [-0.4, -0.2) is 72.7 Å².